The molecule has 1 aromatic rings. The number of nitrogens with one attached hydrogen (secondary N) is 2. The summed E-state index contributed by atoms with van der Waals surface area (Å²) < 4.78 is 18.8. The maximum absolute atomic E-state index is 13.1. The summed E-state index contributed by atoms with van der Waals surface area (Å²) in [5, 5.41) is 5.79. The van der Waals surface area contributed by atoms with Crippen molar-refractivity contribution in [2.45, 2.75) is 19.8 Å². The topological polar surface area (TPSA) is 66.0 Å². The fraction of sp³-hybridized carbons (Fsp3) is 0.556. The Hall–Kier alpha value is -1.42. The number of benzene rings is 1. The number of anilines is 1. The fourth-order valence-electron chi connectivity index (χ4n) is 2.23. The number of halogens is 2. The summed E-state index contributed by atoms with van der Waals surface area (Å²) in [4.78, 5) is 18.3. The second-order valence-corrected chi connectivity index (χ2v) is 6.17. The number of likely N-dealkylation sites (N-methyl/N-ethyl adjacent to an activating group) is 1. The molecule has 0 unspecified atom stereocenters. The molecule has 1 fully saturated rings. The van der Waals surface area contributed by atoms with Gasteiger partial charge in [0.1, 0.15) is 12.4 Å². The number of aliphatic imine (C=N–C) groups is 1. The highest BCUT2D eigenvalue weighted by Gasteiger charge is 2.21. The Kier molecular flexibility index (Phi) is 10.5. The van der Waals surface area contributed by atoms with Gasteiger partial charge >= 0.3 is 0 Å². The predicted octanol–water partition coefficient (Wildman–Crippen LogP) is 2.71. The molecule has 0 radical (unpaired) electrons. The third kappa shape index (κ3) is 8.79. The van der Waals surface area contributed by atoms with Crippen LogP contribution in [0.5, 0.6) is 0 Å². The lowest BCUT2D eigenvalue weighted by molar-refractivity contribution is -0.114. The van der Waals surface area contributed by atoms with Crippen molar-refractivity contribution in [3.05, 3.63) is 30.1 Å². The highest BCUT2D eigenvalue weighted by Crippen LogP contribution is 2.28. The SMILES string of the molecule is CCNC(=NCC(=O)Nc1cccc(F)c1)N(C)CCOCC1CC1.I. The zero-order valence-electron chi connectivity index (χ0n) is 15.3. The van der Waals surface area contributed by atoms with Crippen LogP contribution in [0.3, 0.4) is 0 Å². The molecular weight excluding hydrogens is 450 g/mol. The summed E-state index contributed by atoms with van der Waals surface area (Å²) in [7, 11) is 1.91. The van der Waals surface area contributed by atoms with Crippen molar-refractivity contribution < 1.29 is 13.9 Å². The molecule has 6 nitrogen and oxygen atoms in total. The molecule has 0 aromatic heterocycles. The van der Waals surface area contributed by atoms with Crippen molar-refractivity contribution in [1.29, 1.82) is 0 Å². The third-order valence-electron chi connectivity index (χ3n) is 3.80. The summed E-state index contributed by atoms with van der Waals surface area (Å²) >= 11 is 0. The van der Waals surface area contributed by atoms with Crippen molar-refractivity contribution in [2.24, 2.45) is 10.9 Å². The van der Waals surface area contributed by atoms with Crippen LogP contribution in [0.25, 0.3) is 0 Å². The number of hydrogen-bond acceptors (Lipinski definition) is 3. The minimum atomic E-state index is -0.388. The normalized spacial score (nSPS) is 13.7. The van der Waals surface area contributed by atoms with E-state index in [9.17, 15) is 9.18 Å². The number of amides is 1. The largest absolute Gasteiger partial charge is 0.379 e. The van der Waals surface area contributed by atoms with Gasteiger partial charge in [0, 0.05) is 32.4 Å². The van der Waals surface area contributed by atoms with Crippen LogP contribution in [0.4, 0.5) is 10.1 Å². The number of hydrogen-bond donors (Lipinski definition) is 2. The lowest BCUT2D eigenvalue weighted by Crippen LogP contribution is -2.41. The van der Waals surface area contributed by atoms with Gasteiger partial charge in [-0.1, -0.05) is 6.07 Å². The number of rotatable bonds is 9. The van der Waals surface area contributed by atoms with Gasteiger partial charge in [0.2, 0.25) is 5.91 Å². The van der Waals surface area contributed by atoms with Crippen LogP contribution >= 0.6 is 24.0 Å². The van der Waals surface area contributed by atoms with E-state index in [0.29, 0.717) is 31.3 Å². The van der Waals surface area contributed by atoms with Crippen molar-refractivity contribution in [2.75, 3.05) is 45.2 Å². The molecule has 1 amide bonds. The van der Waals surface area contributed by atoms with E-state index in [1.54, 1.807) is 12.1 Å². The second-order valence-electron chi connectivity index (χ2n) is 6.17. The summed E-state index contributed by atoms with van der Waals surface area (Å²) in [6.07, 6.45) is 2.56. The molecule has 8 heteroatoms. The minimum Gasteiger partial charge on any atom is -0.379 e. The molecule has 1 saturated carbocycles. The monoisotopic (exact) mass is 478 g/mol. The molecule has 0 atom stereocenters. The highest BCUT2D eigenvalue weighted by atomic mass is 127. The molecule has 2 rings (SSSR count). The standard InChI is InChI=1S/C18H27FN4O2.HI/c1-3-20-18(23(2)9-10-25-13-14-7-8-14)21-12-17(24)22-16-6-4-5-15(19)11-16;/h4-6,11,14H,3,7-10,12-13H2,1-2H3,(H,20,21)(H,22,24);1H. The maximum atomic E-state index is 13.1. The van der Waals surface area contributed by atoms with Crippen LogP contribution in [0.15, 0.2) is 29.3 Å². The fourth-order valence-corrected chi connectivity index (χ4v) is 2.23. The maximum Gasteiger partial charge on any atom is 0.246 e. The molecule has 1 aliphatic rings. The first-order chi connectivity index (χ1) is 12.1. The second kappa shape index (κ2) is 12.1. The van der Waals surface area contributed by atoms with E-state index in [2.05, 4.69) is 15.6 Å². The average Bonchev–Trinajstić information content (AvgIpc) is 3.39. The van der Waals surface area contributed by atoms with Gasteiger partial charge in [0.05, 0.1) is 6.61 Å². The summed E-state index contributed by atoms with van der Waals surface area (Å²) in [5.74, 6) is 0.714. The third-order valence-corrected chi connectivity index (χ3v) is 3.80. The van der Waals surface area contributed by atoms with Gasteiger partial charge in [0.25, 0.3) is 0 Å². The minimum absolute atomic E-state index is 0. The molecule has 2 N–H and O–H groups in total. The van der Waals surface area contributed by atoms with E-state index in [4.69, 9.17) is 4.74 Å². The van der Waals surface area contributed by atoms with Gasteiger partial charge in [-0.05, 0) is 43.9 Å². The molecular formula is C18H28FIN4O2. The molecule has 0 aliphatic heterocycles. The molecule has 146 valence electrons. The lowest BCUT2D eigenvalue weighted by atomic mass is 10.3. The summed E-state index contributed by atoms with van der Waals surface area (Å²) in [5.41, 5.74) is 0.423. The van der Waals surface area contributed by atoms with E-state index in [1.165, 1.54) is 25.0 Å². The van der Waals surface area contributed by atoms with Gasteiger partial charge < -0.3 is 20.3 Å². The number of nitrogens with zero attached hydrogens (tertiary/aromatic N) is 2. The molecule has 26 heavy (non-hydrogen) atoms. The number of ether oxygens (including phenoxy) is 1. The smallest absolute Gasteiger partial charge is 0.246 e. The van der Waals surface area contributed by atoms with E-state index in [0.717, 1.165) is 12.5 Å². The lowest BCUT2D eigenvalue weighted by Gasteiger charge is -2.21. The van der Waals surface area contributed by atoms with Gasteiger partial charge in [-0.25, -0.2) is 9.38 Å². The highest BCUT2D eigenvalue weighted by molar-refractivity contribution is 14.0. The van der Waals surface area contributed by atoms with Gasteiger partial charge in [-0.2, -0.15) is 0 Å². The van der Waals surface area contributed by atoms with Crippen LogP contribution in [0.1, 0.15) is 19.8 Å². The Bertz CT molecular complexity index is 596. The Labute approximate surface area is 171 Å². The molecule has 0 bridgehead atoms. The predicted molar refractivity (Wildman–Crippen MR) is 113 cm³/mol. The van der Waals surface area contributed by atoms with E-state index >= 15 is 0 Å². The summed E-state index contributed by atoms with van der Waals surface area (Å²) in [6, 6.07) is 5.79. The van der Waals surface area contributed by atoms with Crippen LogP contribution < -0.4 is 10.6 Å². The van der Waals surface area contributed by atoms with Crippen molar-refractivity contribution >= 4 is 41.5 Å². The number of guanidine groups is 1. The van der Waals surface area contributed by atoms with Crippen LogP contribution in [0, 0.1) is 11.7 Å². The van der Waals surface area contributed by atoms with E-state index in [1.807, 2.05) is 18.9 Å². The first-order valence-corrected chi connectivity index (χ1v) is 8.71. The molecule has 0 spiro atoms. The molecule has 1 aromatic carbocycles. The first kappa shape index (κ1) is 22.6. The van der Waals surface area contributed by atoms with Crippen molar-refractivity contribution in [1.82, 2.24) is 10.2 Å². The zero-order valence-corrected chi connectivity index (χ0v) is 17.7. The quantitative estimate of drug-likeness (QED) is 0.248. The van der Waals surface area contributed by atoms with E-state index < -0.39 is 0 Å². The van der Waals surface area contributed by atoms with Gasteiger partial charge in [-0.15, -0.1) is 24.0 Å². The molecule has 0 heterocycles. The Morgan fingerprint density at radius 2 is 2.19 bits per heavy atom. The van der Waals surface area contributed by atoms with Crippen LogP contribution in [-0.4, -0.2) is 56.7 Å². The Balaban J connectivity index is 0.00000338. The van der Waals surface area contributed by atoms with Crippen molar-refractivity contribution in [3.8, 4) is 0 Å². The average molecular weight is 478 g/mol. The first-order valence-electron chi connectivity index (χ1n) is 8.71. The Morgan fingerprint density at radius 3 is 2.85 bits per heavy atom. The van der Waals surface area contributed by atoms with E-state index in [-0.39, 0.29) is 42.2 Å². The Morgan fingerprint density at radius 1 is 1.42 bits per heavy atom. The summed E-state index contributed by atoms with van der Waals surface area (Å²) in [6.45, 7) is 4.80. The van der Waals surface area contributed by atoms with Gasteiger partial charge in [-0.3, -0.25) is 4.79 Å². The van der Waals surface area contributed by atoms with Crippen LogP contribution in [-0.2, 0) is 9.53 Å². The number of carbonyl (C=O) groups excluding carboxylic acids is 1. The van der Waals surface area contributed by atoms with Crippen LogP contribution in [0.2, 0.25) is 0 Å². The zero-order chi connectivity index (χ0) is 18.1. The molecule has 1 aliphatic carbocycles. The van der Waals surface area contributed by atoms with Crippen molar-refractivity contribution in [3.63, 3.8) is 0 Å². The number of carbonyl (C=O) groups is 1. The molecule has 0 saturated heterocycles. The van der Waals surface area contributed by atoms with Gasteiger partial charge in [0.15, 0.2) is 5.96 Å².